The van der Waals surface area contributed by atoms with Gasteiger partial charge in [-0.3, -0.25) is 9.59 Å². The van der Waals surface area contributed by atoms with E-state index in [2.05, 4.69) is 5.32 Å². The summed E-state index contributed by atoms with van der Waals surface area (Å²) in [5.41, 5.74) is 0.517. The van der Waals surface area contributed by atoms with E-state index in [1.54, 1.807) is 25.2 Å². The Hall–Kier alpha value is -2.77. The number of anilines is 1. The lowest BCUT2D eigenvalue weighted by Gasteiger charge is -2.27. The summed E-state index contributed by atoms with van der Waals surface area (Å²) < 4.78 is 11.0. The van der Waals surface area contributed by atoms with Crippen LogP contribution in [0.1, 0.15) is 50.4 Å². The highest BCUT2D eigenvalue weighted by molar-refractivity contribution is 6.01. The van der Waals surface area contributed by atoms with E-state index < -0.39 is 23.6 Å². The molecule has 0 radical (unpaired) electrons. The van der Waals surface area contributed by atoms with Crippen LogP contribution in [0.3, 0.4) is 0 Å². The van der Waals surface area contributed by atoms with Gasteiger partial charge in [0.15, 0.2) is 0 Å². The molecule has 2 aliphatic rings. The molecular weight excluding hydrogens is 374 g/mol. The van der Waals surface area contributed by atoms with E-state index in [1.165, 1.54) is 4.90 Å². The molecule has 1 N–H and O–H groups in total. The van der Waals surface area contributed by atoms with E-state index in [9.17, 15) is 14.4 Å². The molecule has 29 heavy (non-hydrogen) atoms. The Labute approximate surface area is 171 Å². The predicted octanol–water partition coefficient (Wildman–Crippen LogP) is 2.56. The number of nitrogens with zero attached hydrogens (tertiary/aromatic N) is 2. The molecular formula is C21H29N3O5. The van der Waals surface area contributed by atoms with Gasteiger partial charge in [-0.1, -0.05) is 0 Å². The second-order valence-corrected chi connectivity index (χ2v) is 8.51. The van der Waals surface area contributed by atoms with Crippen LogP contribution >= 0.6 is 0 Å². The van der Waals surface area contributed by atoms with Crippen LogP contribution in [0.25, 0.3) is 0 Å². The first kappa shape index (κ1) is 21.0. The molecule has 2 aliphatic heterocycles. The zero-order valence-corrected chi connectivity index (χ0v) is 17.5. The lowest BCUT2D eigenvalue weighted by molar-refractivity contribution is -0.127. The summed E-state index contributed by atoms with van der Waals surface area (Å²) in [5.74, 6) is 0.0173. The van der Waals surface area contributed by atoms with E-state index >= 15 is 0 Å². The Morgan fingerprint density at radius 1 is 1.17 bits per heavy atom. The molecule has 8 heteroatoms. The van der Waals surface area contributed by atoms with Crippen molar-refractivity contribution in [1.82, 2.24) is 10.2 Å². The molecule has 0 aromatic heterocycles. The number of benzene rings is 1. The number of carbonyl (C=O) groups is 3. The van der Waals surface area contributed by atoms with Crippen molar-refractivity contribution in [2.24, 2.45) is 0 Å². The summed E-state index contributed by atoms with van der Waals surface area (Å²) >= 11 is 0. The highest BCUT2D eigenvalue weighted by atomic mass is 16.6. The Morgan fingerprint density at radius 3 is 2.52 bits per heavy atom. The zero-order valence-electron chi connectivity index (χ0n) is 17.5. The molecule has 0 unspecified atom stereocenters. The molecule has 0 bridgehead atoms. The topological polar surface area (TPSA) is 88.2 Å². The molecule has 2 heterocycles. The molecule has 1 aromatic carbocycles. The third-order valence-electron chi connectivity index (χ3n) is 4.93. The van der Waals surface area contributed by atoms with Crippen molar-refractivity contribution in [1.29, 1.82) is 0 Å². The number of likely N-dealkylation sites (N-methyl/N-ethyl adjacent to an activating group) is 1. The van der Waals surface area contributed by atoms with Gasteiger partial charge in [0.25, 0.3) is 11.8 Å². The average molecular weight is 403 g/mol. The predicted molar refractivity (Wildman–Crippen MR) is 108 cm³/mol. The lowest BCUT2D eigenvalue weighted by atomic mass is 10.1. The van der Waals surface area contributed by atoms with Crippen LogP contribution < -0.4 is 15.0 Å². The quantitative estimate of drug-likeness (QED) is 0.820. The van der Waals surface area contributed by atoms with Gasteiger partial charge >= 0.3 is 6.09 Å². The normalized spacial score (nSPS) is 19.7. The second kappa shape index (κ2) is 8.31. The van der Waals surface area contributed by atoms with Crippen LogP contribution in [-0.4, -0.2) is 61.2 Å². The smallest absolute Gasteiger partial charge is 0.408 e. The van der Waals surface area contributed by atoms with Gasteiger partial charge in [0, 0.05) is 31.2 Å². The van der Waals surface area contributed by atoms with E-state index in [1.807, 2.05) is 25.7 Å². The fourth-order valence-corrected chi connectivity index (χ4v) is 3.43. The van der Waals surface area contributed by atoms with E-state index in [0.717, 1.165) is 32.4 Å². The van der Waals surface area contributed by atoms with Crippen LogP contribution in [0, 0.1) is 0 Å². The number of fused-ring (bicyclic) bond motifs is 1. The summed E-state index contributed by atoms with van der Waals surface area (Å²) in [6.45, 7) is 6.88. The fourth-order valence-electron chi connectivity index (χ4n) is 3.43. The summed E-state index contributed by atoms with van der Waals surface area (Å²) in [7, 11) is 1.59. The number of carbonyl (C=O) groups excluding carboxylic acids is 3. The van der Waals surface area contributed by atoms with Crippen molar-refractivity contribution in [2.45, 2.75) is 51.7 Å². The van der Waals surface area contributed by atoms with Gasteiger partial charge in [0.1, 0.15) is 12.4 Å². The third kappa shape index (κ3) is 4.99. The molecule has 8 nitrogen and oxygen atoms in total. The number of amides is 3. The largest absolute Gasteiger partial charge is 0.487 e. The molecule has 0 spiro atoms. The van der Waals surface area contributed by atoms with Gasteiger partial charge < -0.3 is 24.6 Å². The van der Waals surface area contributed by atoms with Crippen molar-refractivity contribution in [3.8, 4) is 5.75 Å². The number of nitrogens with one attached hydrogen (secondary N) is 1. The Kier molecular flexibility index (Phi) is 6.00. The standard InChI is InChI=1S/C21H29N3O5/c1-21(2,3)22-20(27)29-17-13-28-16-9-8-14(12-15(16)23(4)19(17)26)18(25)24-10-6-5-7-11-24/h8-9,12,17H,5-7,10-11,13H2,1-4H3,(H,22,27)/t17-/m0/s1. The number of piperidine rings is 1. The first-order chi connectivity index (χ1) is 13.7. The first-order valence-electron chi connectivity index (χ1n) is 9.98. The Bertz CT molecular complexity index is 796. The van der Waals surface area contributed by atoms with Crippen molar-refractivity contribution >= 4 is 23.6 Å². The number of hydrogen-bond acceptors (Lipinski definition) is 5. The summed E-state index contributed by atoms with van der Waals surface area (Å²) in [6.07, 6.45) is 1.40. The fraction of sp³-hybridized carbons (Fsp3) is 0.571. The van der Waals surface area contributed by atoms with Crippen molar-refractivity contribution in [3.63, 3.8) is 0 Å². The van der Waals surface area contributed by atoms with Gasteiger partial charge in [-0.15, -0.1) is 0 Å². The minimum absolute atomic E-state index is 0.0463. The summed E-state index contributed by atoms with van der Waals surface area (Å²) in [5, 5.41) is 2.67. The number of alkyl carbamates (subject to hydrolysis) is 1. The Morgan fingerprint density at radius 2 is 1.86 bits per heavy atom. The van der Waals surface area contributed by atoms with Crippen molar-refractivity contribution in [3.05, 3.63) is 23.8 Å². The van der Waals surface area contributed by atoms with Gasteiger partial charge in [-0.2, -0.15) is 0 Å². The van der Waals surface area contributed by atoms with Crippen molar-refractivity contribution < 1.29 is 23.9 Å². The third-order valence-corrected chi connectivity index (χ3v) is 4.93. The maximum absolute atomic E-state index is 12.8. The average Bonchev–Trinajstić information content (AvgIpc) is 2.78. The van der Waals surface area contributed by atoms with Gasteiger partial charge in [-0.05, 0) is 58.2 Å². The van der Waals surface area contributed by atoms with Gasteiger partial charge in [0.05, 0.1) is 5.69 Å². The maximum atomic E-state index is 12.8. The minimum Gasteiger partial charge on any atom is -0.487 e. The first-order valence-corrected chi connectivity index (χ1v) is 9.98. The molecule has 0 saturated carbocycles. The number of hydrogen-bond donors (Lipinski definition) is 1. The molecule has 3 amide bonds. The van der Waals surface area contributed by atoms with Crippen LogP contribution in [0.2, 0.25) is 0 Å². The molecule has 1 saturated heterocycles. The van der Waals surface area contributed by atoms with E-state index in [4.69, 9.17) is 9.47 Å². The number of rotatable bonds is 2. The number of ether oxygens (including phenoxy) is 2. The SMILES string of the molecule is CN1C(=O)[C@@H](OC(=O)NC(C)(C)C)COc2ccc(C(=O)N3CCCCC3)cc21. The lowest BCUT2D eigenvalue weighted by Crippen LogP contribution is -2.47. The highest BCUT2D eigenvalue weighted by Crippen LogP contribution is 2.32. The number of likely N-dealkylation sites (tertiary alicyclic amines) is 1. The monoisotopic (exact) mass is 403 g/mol. The molecule has 3 rings (SSSR count). The molecule has 0 aliphatic carbocycles. The summed E-state index contributed by atoms with van der Waals surface area (Å²) in [4.78, 5) is 40.9. The molecule has 1 fully saturated rings. The summed E-state index contributed by atoms with van der Waals surface area (Å²) in [6, 6.07) is 5.07. The van der Waals surface area contributed by atoms with Gasteiger partial charge in [0.2, 0.25) is 6.10 Å². The molecule has 158 valence electrons. The second-order valence-electron chi connectivity index (χ2n) is 8.51. The molecule has 1 aromatic rings. The van der Waals surface area contributed by atoms with Gasteiger partial charge in [-0.25, -0.2) is 4.79 Å². The van der Waals surface area contributed by atoms with Crippen LogP contribution in [0.5, 0.6) is 5.75 Å². The maximum Gasteiger partial charge on any atom is 0.408 e. The highest BCUT2D eigenvalue weighted by Gasteiger charge is 2.33. The van der Waals surface area contributed by atoms with E-state index in [-0.39, 0.29) is 12.5 Å². The molecule has 1 atom stereocenters. The Balaban J connectivity index is 1.76. The zero-order chi connectivity index (χ0) is 21.2. The van der Waals surface area contributed by atoms with Crippen LogP contribution in [-0.2, 0) is 9.53 Å². The minimum atomic E-state index is -1.07. The van der Waals surface area contributed by atoms with Crippen LogP contribution in [0.15, 0.2) is 18.2 Å². The van der Waals surface area contributed by atoms with E-state index in [0.29, 0.717) is 17.0 Å². The van der Waals surface area contributed by atoms with Crippen molar-refractivity contribution in [2.75, 3.05) is 31.6 Å². The van der Waals surface area contributed by atoms with Crippen LogP contribution in [0.4, 0.5) is 10.5 Å².